The van der Waals surface area contributed by atoms with Crippen molar-refractivity contribution in [3.05, 3.63) is 0 Å². The maximum Gasteiger partial charge on any atom is 0.243 e. The van der Waals surface area contributed by atoms with E-state index in [0.717, 1.165) is 32.5 Å². The van der Waals surface area contributed by atoms with Gasteiger partial charge in [0.15, 0.2) is 0 Å². The third-order valence-electron chi connectivity index (χ3n) is 3.29. The Hall–Kier alpha value is -2.14. The predicted molar refractivity (Wildman–Crippen MR) is 77.2 cm³/mol. The third kappa shape index (κ3) is 3.24. The van der Waals surface area contributed by atoms with Crippen LogP contribution in [0.25, 0.3) is 0 Å². The second-order valence-corrected chi connectivity index (χ2v) is 4.59. The fourth-order valence-corrected chi connectivity index (χ4v) is 2.20. The molecule has 108 valence electrons. The highest BCUT2D eigenvalue weighted by Gasteiger charge is 2.19. The van der Waals surface area contributed by atoms with E-state index >= 15 is 0 Å². The molecule has 8 nitrogen and oxygen atoms in total. The predicted octanol–water partition coefficient (Wildman–Crippen LogP) is 0.497. The first-order valence-electron chi connectivity index (χ1n) is 6.88. The van der Waals surface area contributed by atoms with Crippen molar-refractivity contribution in [2.75, 3.05) is 41.4 Å². The zero-order chi connectivity index (χ0) is 14.4. The Labute approximate surface area is 118 Å². The van der Waals surface area contributed by atoms with Gasteiger partial charge in [-0.3, -0.25) is 5.43 Å². The van der Waals surface area contributed by atoms with Crippen molar-refractivity contribution < 1.29 is 0 Å². The van der Waals surface area contributed by atoms with Crippen molar-refractivity contribution in [2.24, 2.45) is 5.84 Å². The van der Waals surface area contributed by atoms with Crippen molar-refractivity contribution in [3.8, 4) is 6.07 Å². The number of anilines is 3. The lowest BCUT2D eigenvalue weighted by Crippen LogP contribution is -2.29. The van der Waals surface area contributed by atoms with Gasteiger partial charge in [-0.1, -0.05) is 0 Å². The number of nitrogens with one attached hydrogen (secondary N) is 1. The average Bonchev–Trinajstić information content (AvgIpc) is 3.02. The molecule has 0 spiro atoms. The van der Waals surface area contributed by atoms with E-state index in [1.807, 2.05) is 11.8 Å². The minimum absolute atomic E-state index is 0.354. The van der Waals surface area contributed by atoms with Gasteiger partial charge in [-0.05, 0) is 19.8 Å². The number of aromatic nitrogens is 3. The first kappa shape index (κ1) is 14.3. The van der Waals surface area contributed by atoms with Gasteiger partial charge < -0.3 is 9.80 Å². The first-order chi connectivity index (χ1) is 9.78. The summed E-state index contributed by atoms with van der Waals surface area (Å²) >= 11 is 0. The Morgan fingerprint density at radius 1 is 1.35 bits per heavy atom. The maximum absolute atomic E-state index is 8.72. The van der Waals surface area contributed by atoms with Gasteiger partial charge in [-0.2, -0.15) is 20.2 Å². The third-order valence-corrected chi connectivity index (χ3v) is 3.29. The molecule has 0 atom stereocenters. The number of hydrazine groups is 1. The molecule has 8 heteroatoms. The Kier molecular flexibility index (Phi) is 4.90. The van der Waals surface area contributed by atoms with Gasteiger partial charge in [0.1, 0.15) is 0 Å². The molecule has 1 fully saturated rings. The fourth-order valence-electron chi connectivity index (χ4n) is 2.20. The molecule has 0 saturated carbocycles. The van der Waals surface area contributed by atoms with Gasteiger partial charge in [-0.15, -0.1) is 0 Å². The molecule has 1 saturated heterocycles. The molecule has 2 rings (SSSR count). The zero-order valence-corrected chi connectivity index (χ0v) is 11.7. The quantitative estimate of drug-likeness (QED) is 0.571. The molecule has 1 aliphatic rings. The van der Waals surface area contributed by atoms with Gasteiger partial charge >= 0.3 is 0 Å². The zero-order valence-electron chi connectivity index (χ0n) is 11.7. The summed E-state index contributed by atoms with van der Waals surface area (Å²) in [7, 11) is 0. The molecule has 0 aromatic carbocycles. The second-order valence-electron chi connectivity index (χ2n) is 4.59. The van der Waals surface area contributed by atoms with Crippen molar-refractivity contribution in [1.82, 2.24) is 15.0 Å². The minimum Gasteiger partial charge on any atom is -0.341 e. The molecule has 0 bridgehead atoms. The SMILES string of the molecule is CCN(CCC#N)c1nc(NN)nc(N2CCCC2)n1. The summed E-state index contributed by atoms with van der Waals surface area (Å²) in [5.74, 6) is 7.00. The fraction of sp³-hybridized carbons (Fsp3) is 0.667. The Morgan fingerprint density at radius 3 is 2.70 bits per heavy atom. The van der Waals surface area contributed by atoms with E-state index in [4.69, 9.17) is 11.1 Å². The molecule has 0 amide bonds. The molecule has 0 aliphatic carbocycles. The molecule has 3 N–H and O–H groups in total. The summed E-state index contributed by atoms with van der Waals surface area (Å²) in [5.41, 5.74) is 2.49. The topological polar surface area (TPSA) is 107 Å². The Bertz CT molecular complexity index is 477. The standard InChI is InChI=1S/C12H20N8/c1-2-19(9-5-6-13)11-15-10(18-14)16-12(17-11)20-7-3-4-8-20/h2-5,7-9,14H2,1H3,(H,15,16,17,18). The van der Waals surface area contributed by atoms with Crippen LogP contribution in [0, 0.1) is 11.3 Å². The van der Waals surface area contributed by atoms with E-state index in [2.05, 4.69) is 31.3 Å². The number of nitrogens with two attached hydrogens (primary N) is 1. The van der Waals surface area contributed by atoms with Crippen LogP contribution < -0.4 is 21.1 Å². The van der Waals surface area contributed by atoms with E-state index in [1.165, 1.54) is 0 Å². The van der Waals surface area contributed by atoms with E-state index in [1.54, 1.807) is 0 Å². The highest BCUT2D eigenvalue weighted by Crippen LogP contribution is 2.20. The summed E-state index contributed by atoms with van der Waals surface area (Å²) < 4.78 is 0. The van der Waals surface area contributed by atoms with Crippen LogP contribution in [0.4, 0.5) is 17.8 Å². The molecule has 20 heavy (non-hydrogen) atoms. The number of nitrogens with zero attached hydrogens (tertiary/aromatic N) is 6. The van der Waals surface area contributed by atoms with Gasteiger partial charge in [-0.25, -0.2) is 5.84 Å². The average molecular weight is 276 g/mol. The molecule has 1 aromatic rings. The number of hydrogen-bond acceptors (Lipinski definition) is 8. The number of rotatable bonds is 6. The van der Waals surface area contributed by atoms with E-state index in [-0.39, 0.29) is 0 Å². The van der Waals surface area contributed by atoms with Crippen LogP contribution in [0.2, 0.25) is 0 Å². The van der Waals surface area contributed by atoms with Crippen molar-refractivity contribution >= 4 is 17.8 Å². The number of hydrogen-bond donors (Lipinski definition) is 2. The summed E-state index contributed by atoms with van der Waals surface area (Å²) in [4.78, 5) is 17.2. The van der Waals surface area contributed by atoms with Crippen LogP contribution >= 0.6 is 0 Å². The van der Waals surface area contributed by atoms with Gasteiger partial charge in [0.05, 0.1) is 12.5 Å². The van der Waals surface area contributed by atoms with Gasteiger partial charge in [0.2, 0.25) is 17.8 Å². The largest absolute Gasteiger partial charge is 0.341 e. The molecular weight excluding hydrogens is 256 g/mol. The molecule has 0 radical (unpaired) electrons. The first-order valence-corrected chi connectivity index (χ1v) is 6.88. The molecule has 1 aromatic heterocycles. The number of nitriles is 1. The van der Waals surface area contributed by atoms with E-state index in [9.17, 15) is 0 Å². The Morgan fingerprint density at radius 2 is 2.10 bits per heavy atom. The lowest BCUT2D eigenvalue weighted by Gasteiger charge is -2.22. The van der Waals surface area contributed by atoms with Crippen LogP contribution in [0.5, 0.6) is 0 Å². The number of nitrogen functional groups attached to an aromatic ring is 1. The minimum atomic E-state index is 0.354. The maximum atomic E-state index is 8.72. The summed E-state index contributed by atoms with van der Waals surface area (Å²) in [6.45, 7) is 5.25. The van der Waals surface area contributed by atoms with Crippen LogP contribution in [-0.2, 0) is 0 Å². The lowest BCUT2D eigenvalue weighted by molar-refractivity contribution is 0.774. The monoisotopic (exact) mass is 276 g/mol. The summed E-state index contributed by atoms with van der Waals surface area (Å²) in [6.07, 6.45) is 2.74. The molecule has 0 unspecified atom stereocenters. The van der Waals surface area contributed by atoms with Crippen molar-refractivity contribution in [3.63, 3.8) is 0 Å². The van der Waals surface area contributed by atoms with Crippen molar-refractivity contribution in [1.29, 1.82) is 5.26 Å². The smallest absolute Gasteiger partial charge is 0.243 e. The van der Waals surface area contributed by atoms with E-state index < -0.39 is 0 Å². The van der Waals surface area contributed by atoms with Gasteiger partial charge in [0.25, 0.3) is 0 Å². The molecular formula is C12H20N8. The van der Waals surface area contributed by atoms with Crippen LogP contribution in [0.3, 0.4) is 0 Å². The highest BCUT2D eigenvalue weighted by molar-refractivity contribution is 5.45. The second kappa shape index (κ2) is 6.86. The summed E-state index contributed by atoms with van der Waals surface area (Å²) in [6, 6.07) is 2.14. The molecule has 1 aliphatic heterocycles. The molecule has 2 heterocycles. The van der Waals surface area contributed by atoms with Crippen LogP contribution in [-0.4, -0.2) is 41.1 Å². The lowest BCUT2D eigenvalue weighted by atomic mass is 10.4. The Balaban J connectivity index is 2.26. The summed E-state index contributed by atoms with van der Waals surface area (Å²) in [5, 5.41) is 8.72. The van der Waals surface area contributed by atoms with Crippen LogP contribution in [0.15, 0.2) is 0 Å². The normalized spacial score (nSPS) is 14.2. The van der Waals surface area contributed by atoms with Crippen molar-refractivity contribution in [2.45, 2.75) is 26.2 Å². The van der Waals surface area contributed by atoms with Gasteiger partial charge in [0, 0.05) is 26.2 Å². The van der Waals surface area contributed by atoms with E-state index in [0.29, 0.717) is 30.8 Å². The van der Waals surface area contributed by atoms with Crippen LogP contribution in [0.1, 0.15) is 26.2 Å². The highest BCUT2D eigenvalue weighted by atomic mass is 15.4.